The van der Waals surface area contributed by atoms with Gasteiger partial charge in [-0.3, -0.25) is 8.98 Å². The monoisotopic (exact) mass is 1050 g/mol. The second-order valence-electron chi connectivity index (χ2n) is 20.9. The minimum atomic E-state index is -1.77. The third-order valence-corrected chi connectivity index (χ3v) is 14.7. The normalized spacial score (nSPS) is 25.6. The number of carbonyl (C=O) groups excluding carboxylic acids is 2. The molecule has 2 heterocycles. The Hall–Kier alpha value is -1.45. The number of hydrogen-bond acceptors (Lipinski definition) is 17. The molecule has 424 valence electrons. The predicted molar refractivity (Wildman–Crippen MR) is 279 cm³/mol. The van der Waals surface area contributed by atoms with Crippen molar-refractivity contribution in [2.24, 2.45) is 11.8 Å². The van der Waals surface area contributed by atoms with E-state index >= 15 is 0 Å². The molecule has 0 aromatic carbocycles. The van der Waals surface area contributed by atoms with Crippen LogP contribution in [0.4, 0.5) is 0 Å². The minimum absolute atomic E-state index is 0.00748. The van der Waals surface area contributed by atoms with Gasteiger partial charge >= 0.3 is 11.9 Å². The van der Waals surface area contributed by atoms with E-state index < -0.39 is 86.6 Å². The van der Waals surface area contributed by atoms with E-state index in [0.717, 1.165) is 44.9 Å². The van der Waals surface area contributed by atoms with Gasteiger partial charge in [-0.05, 0) is 31.6 Å². The zero-order chi connectivity index (χ0) is 52.8. The first-order valence-electron chi connectivity index (χ1n) is 28.5. The number of allylic oxidation sites excluding steroid dienone is 1. The molecule has 2 aliphatic heterocycles. The Morgan fingerprint density at radius 1 is 0.569 bits per heavy atom. The van der Waals surface area contributed by atoms with Crippen molar-refractivity contribution in [3.8, 4) is 0 Å². The Kier molecular flexibility index (Phi) is 39.5. The molecule has 0 aliphatic carbocycles. The fourth-order valence-electron chi connectivity index (χ4n) is 9.96. The highest BCUT2D eigenvalue weighted by molar-refractivity contribution is 7.89. The van der Waals surface area contributed by atoms with Crippen molar-refractivity contribution in [3.05, 3.63) is 11.6 Å². The third-order valence-electron chi connectivity index (χ3n) is 14.3. The number of ether oxygens (including phenoxy) is 5. The molecular formula is C55H102O16S. The van der Waals surface area contributed by atoms with Crippen molar-refractivity contribution < 1.29 is 77.6 Å². The average molecular weight is 1050 g/mol. The summed E-state index contributed by atoms with van der Waals surface area (Å²) in [7, 11) is 0. The molecule has 2 rings (SSSR count). The SMILES string of the molecule is CCCCCCCCCCCCCCCCCC[C@H](C)C[C@H](C)C=C(C)C(=O)OC1C(O)C(CO)OC(OC2OC(CO)C(O)C(O)C2OSOOO)C1OC(=O)CCCCCCCCCCCCCCC. The summed E-state index contributed by atoms with van der Waals surface area (Å²) in [5, 5.41) is 65.5. The number of hydrogen-bond donors (Lipinski definition) is 6. The lowest BCUT2D eigenvalue weighted by Crippen LogP contribution is -2.65. The van der Waals surface area contributed by atoms with Gasteiger partial charge in [0.15, 0.2) is 36.9 Å². The Morgan fingerprint density at radius 3 is 1.46 bits per heavy atom. The van der Waals surface area contributed by atoms with Gasteiger partial charge in [-0.1, -0.05) is 225 Å². The van der Waals surface area contributed by atoms with Gasteiger partial charge in [0.1, 0.15) is 30.5 Å². The second-order valence-corrected chi connectivity index (χ2v) is 21.4. The smallest absolute Gasteiger partial charge is 0.333 e. The Bertz CT molecular complexity index is 1360. The predicted octanol–water partition coefficient (Wildman–Crippen LogP) is 11.5. The first kappa shape index (κ1) is 66.7. The second kappa shape index (κ2) is 42.6. The molecule has 2 saturated heterocycles. The molecular weight excluding hydrogens is 949 g/mol. The van der Waals surface area contributed by atoms with E-state index in [0.29, 0.717) is 12.3 Å². The van der Waals surface area contributed by atoms with Crippen molar-refractivity contribution in [3.63, 3.8) is 0 Å². The van der Waals surface area contributed by atoms with Gasteiger partial charge in [0.2, 0.25) is 6.29 Å². The summed E-state index contributed by atoms with van der Waals surface area (Å²) in [5.41, 5.74) is 0.279. The number of esters is 2. The van der Waals surface area contributed by atoms with Crippen molar-refractivity contribution >= 4 is 24.3 Å². The molecule has 0 saturated carbocycles. The molecule has 72 heavy (non-hydrogen) atoms. The fraction of sp³-hybridized carbons (Fsp3) is 0.927. The zero-order valence-electron chi connectivity index (χ0n) is 45.2. The van der Waals surface area contributed by atoms with Gasteiger partial charge in [0, 0.05) is 12.0 Å². The van der Waals surface area contributed by atoms with Gasteiger partial charge in [-0.25, -0.2) is 10.1 Å². The van der Waals surface area contributed by atoms with Crippen molar-refractivity contribution in [1.29, 1.82) is 0 Å². The molecule has 2 aliphatic rings. The number of aliphatic hydroxyl groups excluding tert-OH is 5. The number of carbonyl (C=O) groups is 2. The lowest BCUT2D eigenvalue weighted by Gasteiger charge is -2.46. The number of aliphatic hydroxyl groups is 5. The number of rotatable bonds is 45. The Balaban J connectivity index is 2.02. The maximum atomic E-state index is 13.8. The molecule has 0 bridgehead atoms. The molecule has 16 nitrogen and oxygen atoms in total. The minimum Gasteiger partial charge on any atom is -0.453 e. The molecule has 10 unspecified atom stereocenters. The highest BCUT2D eigenvalue weighted by Gasteiger charge is 2.54. The van der Waals surface area contributed by atoms with E-state index in [1.165, 1.54) is 148 Å². The molecule has 17 heteroatoms. The third kappa shape index (κ3) is 28.6. The fourth-order valence-corrected chi connectivity index (χ4v) is 10.3. The Morgan fingerprint density at radius 2 is 1.00 bits per heavy atom. The summed E-state index contributed by atoms with van der Waals surface area (Å²) in [4.78, 5) is 27.4. The molecule has 0 aromatic rings. The van der Waals surface area contributed by atoms with Crippen molar-refractivity contribution in [2.75, 3.05) is 13.2 Å². The van der Waals surface area contributed by atoms with Crippen LogP contribution < -0.4 is 0 Å². The summed E-state index contributed by atoms with van der Waals surface area (Å²) in [5.74, 6) is -0.992. The van der Waals surface area contributed by atoms with Gasteiger partial charge in [0.25, 0.3) is 0 Å². The van der Waals surface area contributed by atoms with Crippen LogP contribution >= 0.6 is 12.3 Å². The maximum absolute atomic E-state index is 13.8. The van der Waals surface area contributed by atoms with Gasteiger partial charge in [0.05, 0.1) is 13.2 Å². The molecule has 2 fully saturated rings. The number of unbranched alkanes of at least 4 members (excludes halogenated alkanes) is 27. The van der Waals surface area contributed by atoms with E-state index in [1.54, 1.807) is 6.92 Å². The first-order valence-corrected chi connectivity index (χ1v) is 29.2. The maximum Gasteiger partial charge on any atom is 0.333 e. The molecule has 0 radical (unpaired) electrons. The lowest BCUT2D eigenvalue weighted by molar-refractivity contribution is -0.435. The van der Waals surface area contributed by atoms with Crippen LogP contribution in [0.25, 0.3) is 0 Å². The van der Waals surface area contributed by atoms with E-state index in [9.17, 15) is 35.1 Å². The van der Waals surface area contributed by atoms with E-state index in [-0.39, 0.29) is 30.2 Å². The Labute approximate surface area is 438 Å². The summed E-state index contributed by atoms with van der Waals surface area (Å²) in [6.45, 7) is 8.87. The van der Waals surface area contributed by atoms with Gasteiger partial charge in [-0.2, -0.15) is 0 Å². The zero-order valence-corrected chi connectivity index (χ0v) is 46.0. The molecule has 12 atom stereocenters. The van der Waals surface area contributed by atoms with Crippen LogP contribution in [0.1, 0.15) is 240 Å². The standard InChI is InChI=1S/C55H102O16S/c1-6-8-10-12-14-16-18-20-21-22-24-25-27-29-31-33-35-41(3)37-42(4)38-43(5)53(62)67-50-48(60)45(40-57)65-55(68-54-51(69-72-71-70-63)49(61)47(59)44(39-56)64-54)52(50)66-46(58)36-34-32-30-28-26-23-19-17-15-13-11-9-7-2/h38,41-42,44-45,47-52,54-57,59-61,63H,6-37,39-40H2,1-5H3/t41-,42-,44?,45?,47?,48?,49?,50?,51?,52?,54?,55?/m0/s1. The van der Waals surface area contributed by atoms with E-state index in [2.05, 4.69) is 30.1 Å². The van der Waals surface area contributed by atoms with Crippen LogP contribution in [0, 0.1) is 11.8 Å². The summed E-state index contributed by atoms with van der Waals surface area (Å²) in [6, 6.07) is 0. The van der Waals surface area contributed by atoms with Crippen molar-refractivity contribution in [2.45, 2.75) is 301 Å². The topological polar surface area (TPSA) is 229 Å². The lowest BCUT2D eigenvalue weighted by atomic mass is 9.91. The van der Waals surface area contributed by atoms with Gasteiger partial charge < -0.3 is 49.2 Å². The summed E-state index contributed by atoms with van der Waals surface area (Å²) in [6.07, 6.45) is 23.5. The van der Waals surface area contributed by atoms with Crippen LogP contribution in [-0.4, -0.2) is 117 Å². The van der Waals surface area contributed by atoms with Crippen LogP contribution in [0.3, 0.4) is 0 Å². The first-order chi connectivity index (χ1) is 34.9. The largest absolute Gasteiger partial charge is 0.453 e. The molecule has 0 aromatic heterocycles. The van der Waals surface area contributed by atoms with Crippen LogP contribution in [0.5, 0.6) is 0 Å². The summed E-state index contributed by atoms with van der Waals surface area (Å²) < 4.78 is 39.2. The van der Waals surface area contributed by atoms with Crippen LogP contribution in [0.15, 0.2) is 11.6 Å². The molecule has 0 amide bonds. The van der Waals surface area contributed by atoms with E-state index in [1.807, 2.05) is 13.0 Å². The quantitative estimate of drug-likeness (QED) is 0.00832. The van der Waals surface area contributed by atoms with Gasteiger partial charge in [-0.15, -0.1) is 4.33 Å². The highest BCUT2D eigenvalue weighted by Crippen LogP contribution is 2.34. The average Bonchev–Trinajstić information content (AvgIpc) is 3.36. The highest BCUT2D eigenvalue weighted by atomic mass is 32.2. The van der Waals surface area contributed by atoms with E-state index in [4.69, 9.17) is 33.1 Å². The van der Waals surface area contributed by atoms with Crippen LogP contribution in [-0.2, 0) is 46.8 Å². The molecule has 6 N–H and O–H groups in total. The molecule has 0 spiro atoms. The summed E-state index contributed by atoms with van der Waals surface area (Å²) >= 11 is 0.0638. The van der Waals surface area contributed by atoms with Crippen molar-refractivity contribution in [1.82, 2.24) is 0 Å². The van der Waals surface area contributed by atoms with Crippen LogP contribution in [0.2, 0.25) is 0 Å².